The topological polar surface area (TPSA) is 57.0 Å². The molecule has 10 aromatic rings. The Hall–Kier alpha value is -5.94. The molecular weight excluding hydrogens is 530 g/mol. The number of hydrogen-bond acceptors (Lipinski definition) is 4. The SMILES string of the molecule is c1ccc(-c2nc(-n3c4ccccc4c4c5c(ccc43)oc3ccccc35)c3oc4c5ccccc5ccc4c3n2)cc1. The van der Waals surface area contributed by atoms with Crippen LogP contribution in [0.1, 0.15) is 0 Å². The zero-order valence-corrected chi connectivity index (χ0v) is 22.8. The van der Waals surface area contributed by atoms with Crippen molar-refractivity contribution in [2.75, 3.05) is 0 Å². The van der Waals surface area contributed by atoms with E-state index in [2.05, 4.69) is 89.5 Å². The van der Waals surface area contributed by atoms with Gasteiger partial charge in [-0.05, 0) is 35.7 Å². The molecule has 0 aliphatic rings. The number of para-hydroxylation sites is 2. The predicted octanol–water partition coefficient (Wildman–Crippen LogP) is 10.2. The van der Waals surface area contributed by atoms with Crippen molar-refractivity contribution in [2.45, 2.75) is 0 Å². The van der Waals surface area contributed by atoms with Gasteiger partial charge >= 0.3 is 0 Å². The molecule has 0 aliphatic carbocycles. The largest absolute Gasteiger partial charge is 0.456 e. The smallest absolute Gasteiger partial charge is 0.197 e. The van der Waals surface area contributed by atoms with Gasteiger partial charge in [-0.25, -0.2) is 9.97 Å². The Morgan fingerprint density at radius 3 is 2.14 bits per heavy atom. The van der Waals surface area contributed by atoms with E-state index in [1.165, 1.54) is 0 Å². The molecule has 10 rings (SSSR count). The lowest BCUT2D eigenvalue weighted by Gasteiger charge is -2.10. The highest BCUT2D eigenvalue weighted by atomic mass is 16.3. The van der Waals surface area contributed by atoms with Gasteiger partial charge in [-0.2, -0.15) is 0 Å². The molecule has 0 fully saturated rings. The third kappa shape index (κ3) is 3.05. The van der Waals surface area contributed by atoms with Gasteiger partial charge in [0.25, 0.3) is 0 Å². The molecular formula is C38H21N3O2. The maximum Gasteiger partial charge on any atom is 0.197 e. The van der Waals surface area contributed by atoms with E-state index >= 15 is 0 Å². The van der Waals surface area contributed by atoms with Crippen LogP contribution in [0.15, 0.2) is 136 Å². The van der Waals surface area contributed by atoms with Gasteiger partial charge in [0.2, 0.25) is 0 Å². The fourth-order valence-corrected chi connectivity index (χ4v) is 6.73. The van der Waals surface area contributed by atoms with Crippen LogP contribution in [0.2, 0.25) is 0 Å². The minimum absolute atomic E-state index is 0.653. The molecule has 0 spiro atoms. The lowest BCUT2D eigenvalue weighted by Crippen LogP contribution is -2.01. The van der Waals surface area contributed by atoms with Crippen molar-refractivity contribution in [3.63, 3.8) is 0 Å². The third-order valence-corrected chi connectivity index (χ3v) is 8.61. The lowest BCUT2D eigenvalue weighted by molar-refractivity contribution is 0.666. The number of hydrogen-bond donors (Lipinski definition) is 0. The van der Waals surface area contributed by atoms with Crippen LogP contribution >= 0.6 is 0 Å². The number of furan rings is 2. The van der Waals surface area contributed by atoms with Crippen molar-refractivity contribution < 1.29 is 8.83 Å². The first-order chi connectivity index (χ1) is 21.3. The molecule has 0 saturated heterocycles. The predicted molar refractivity (Wildman–Crippen MR) is 174 cm³/mol. The quantitative estimate of drug-likeness (QED) is 0.214. The third-order valence-electron chi connectivity index (χ3n) is 8.61. The molecule has 0 atom stereocenters. The summed E-state index contributed by atoms with van der Waals surface area (Å²) in [5.74, 6) is 1.36. The van der Waals surface area contributed by atoms with Crippen LogP contribution in [0.3, 0.4) is 0 Å². The summed E-state index contributed by atoms with van der Waals surface area (Å²) in [4.78, 5) is 10.4. The standard InChI is InChI=1S/C38H21N3O2/c1-2-11-23(12-3-1)37-39-34-27-19-18-22-10-4-5-13-24(22)35(27)43-36(34)38(40-37)41-28-16-8-6-14-25(28)32-29(41)20-21-31-33(32)26-15-7-9-17-30(26)42-31/h1-21H. The molecule has 6 aromatic carbocycles. The molecule has 200 valence electrons. The number of benzene rings is 6. The maximum atomic E-state index is 6.79. The average molecular weight is 552 g/mol. The molecule has 5 nitrogen and oxygen atoms in total. The fraction of sp³-hybridized carbons (Fsp3) is 0. The maximum absolute atomic E-state index is 6.79. The molecule has 0 bridgehead atoms. The molecule has 0 aliphatic heterocycles. The molecule has 0 amide bonds. The van der Waals surface area contributed by atoms with Gasteiger partial charge in [0.1, 0.15) is 22.3 Å². The Morgan fingerprint density at radius 1 is 0.465 bits per heavy atom. The van der Waals surface area contributed by atoms with Crippen LogP contribution in [-0.2, 0) is 0 Å². The lowest BCUT2D eigenvalue weighted by atomic mass is 10.1. The van der Waals surface area contributed by atoms with Gasteiger partial charge in [0.05, 0.1) is 11.0 Å². The summed E-state index contributed by atoms with van der Waals surface area (Å²) >= 11 is 0. The van der Waals surface area contributed by atoms with E-state index in [0.717, 1.165) is 76.6 Å². The van der Waals surface area contributed by atoms with E-state index in [9.17, 15) is 0 Å². The summed E-state index contributed by atoms with van der Waals surface area (Å²) in [6, 6.07) is 43.6. The molecule has 0 N–H and O–H groups in total. The monoisotopic (exact) mass is 551 g/mol. The first-order valence-electron chi connectivity index (χ1n) is 14.3. The van der Waals surface area contributed by atoms with Gasteiger partial charge in [0.15, 0.2) is 17.2 Å². The normalized spacial score (nSPS) is 12.2. The van der Waals surface area contributed by atoms with Gasteiger partial charge in [0, 0.05) is 37.9 Å². The van der Waals surface area contributed by atoms with Crippen LogP contribution in [0.25, 0.3) is 93.8 Å². The average Bonchev–Trinajstić information content (AvgIpc) is 3.74. The minimum Gasteiger partial charge on any atom is -0.456 e. The van der Waals surface area contributed by atoms with E-state index in [0.29, 0.717) is 17.2 Å². The van der Waals surface area contributed by atoms with Crippen molar-refractivity contribution in [3.8, 4) is 17.2 Å². The van der Waals surface area contributed by atoms with Crippen molar-refractivity contribution >= 4 is 76.6 Å². The van der Waals surface area contributed by atoms with E-state index in [1.54, 1.807) is 0 Å². The second-order valence-corrected chi connectivity index (χ2v) is 11.0. The van der Waals surface area contributed by atoms with Gasteiger partial charge < -0.3 is 8.83 Å². The van der Waals surface area contributed by atoms with Crippen LogP contribution in [0.5, 0.6) is 0 Å². The summed E-state index contributed by atoms with van der Waals surface area (Å²) < 4.78 is 15.3. The van der Waals surface area contributed by atoms with Crippen molar-refractivity contribution in [1.82, 2.24) is 14.5 Å². The number of rotatable bonds is 2. The Balaban J connectivity index is 1.42. The van der Waals surface area contributed by atoms with Crippen molar-refractivity contribution in [2.24, 2.45) is 0 Å². The second-order valence-electron chi connectivity index (χ2n) is 11.0. The van der Waals surface area contributed by atoms with Crippen LogP contribution in [0.4, 0.5) is 0 Å². The molecule has 5 heteroatoms. The van der Waals surface area contributed by atoms with Crippen LogP contribution in [-0.4, -0.2) is 14.5 Å². The molecule has 0 radical (unpaired) electrons. The molecule has 0 saturated carbocycles. The zero-order valence-electron chi connectivity index (χ0n) is 22.8. The molecule has 43 heavy (non-hydrogen) atoms. The van der Waals surface area contributed by atoms with E-state index in [4.69, 9.17) is 18.8 Å². The van der Waals surface area contributed by atoms with E-state index in [1.807, 2.05) is 42.5 Å². The highest BCUT2D eigenvalue weighted by molar-refractivity contribution is 6.27. The van der Waals surface area contributed by atoms with Gasteiger partial charge in [-0.1, -0.05) is 97.1 Å². The highest BCUT2D eigenvalue weighted by Crippen LogP contribution is 2.43. The summed E-state index contributed by atoms with van der Waals surface area (Å²) in [7, 11) is 0. The second kappa shape index (κ2) is 8.30. The Labute approximate surface area is 244 Å². The van der Waals surface area contributed by atoms with Gasteiger partial charge in [-0.3, -0.25) is 4.57 Å². The fourth-order valence-electron chi connectivity index (χ4n) is 6.73. The van der Waals surface area contributed by atoms with E-state index in [-0.39, 0.29) is 0 Å². The Kier molecular flexibility index (Phi) is 4.39. The van der Waals surface area contributed by atoms with E-state index < -0.39 is 0 Å². The number of aromatic nitrogens is 3. The Bertz CT molecular complexity index is 2730. The first-order valence-corrected chi connectivity index (χ1v) is 14.3. The zero-order chi connectivity index (χ0) is 28.1. The first kappa shape index (κ1) is 22.7. The Morgan fingerprint density at radius 2 is 1.23 bits per heavy atom. The highest BCUT2D eigenvalue weighted by Gasteiger charge is 2.24. The number of fused-ring (bicyclic) bond motifs is 12. The summed E-state index contributed by atoms with van der Waals surface area (Å²) in [6.07, 6.45) is 0. The van der Waals surface area contributed by atoms with Crippen LogP contribution < -0.4 is 0 Å². The van der Waals surface area contributed by atoms with Crippen molar-refractivity contribution in [3.05, 3.63) is 127 Å². The molecule has 0 unspecified atom stereocenters. The van der Waals surface area contributed by atoms with Gasteiger partial charge in [-0.15, -0.1) is 0 Å². The molecule has 4 heterocycles. The van der Waals surface area contributed by atoms with Crippen LogP contribution in [0, 0.1) is 0 Å². The summed E-state index contributed by atoms with van der Waals surface area (Å²) in [5, 5.41) is 7.61. The minimum atomic E-state index is 0.653. The van der Waals surface area contributed by atoms with Crippen molar-refractivity contribution in [1.29, 1.82) is 0 Å². The summed E-state index contributed by atoms with van der Waals surface area (Å²) in [6.45, 7) is 0. The number of nitrogens with zero attached hydrogens (tertiary/aromatic N) is 3. The summed E-state index contributed by atoms with van der Waals surface area (Å²) in [5.41, 5.74) is 7.04. The molecule has 4 aromatic heterocycles.